The summed E-state index contributed by atoms with van der Waals surface area (Å²) in [4.78, 5) is 19.0. The van der Waals surface area contributed by atoms with Crippen LogP contribution < -0.4 is 15.1 Å². The second-order valence-corrected chi connectivity index (χ2v) is 6.91. The Labute approximate surface area is 163 Å². The molecule has 0 spiro atoms. The predicted molar refractivity (Wildman–Crippen MR) is 107 cm³/mol. The lowest BCUT2D eigenvalue weighted by atomic mass is 10.1. The summed E-state index contributed by atoms with van der Waals surface area (Å²) in [6.45, 7) is 5.12. The molecule has 0 radical (unpaired) electrons. The molecule has 1 amide bonds. The minimum atomic E-state index is -0.173. The van der Waals surface area contributed by atoms with Gasteiger partial charge in [0.05, 0.1) is 38.1 Å². The Morgan fingerprint density at radius 2 is 2.07 bits per heavy atom. The smallest absolute Gasteiger partial charge is 0.246 e. The molecule has 1 aromatic heterocycles. The van der Waals surface area contributed by atoms with Crippen LogP contribution >= 0.6 is 11.3 Å². The number of ether oxygens (including phenoxy) is 2. The largest absolute Gasteiger partial charge is 0.497 e. The number of carbonyl (C=O) groups excluding carboxylic acids is 1. The molecular formula is C19H24N4O3S. The Morgan fingerprint density at radius 1 is 1.33 bits per heavy atom. The Bertz CT molecular complexity index is 783. The number of aromatic nitrogens is 1. The lowest BCUT2D eigenvalue weighted by molar-refractivity contribution is -0.120. The Balaban J connectivity index is 1.57. The van der Waals surface area contributed by atoms with Gasteiger partial charge in [-0.05, 0) is 36.2 Å². The third-order valence-corrected chi connectivity index (χ3v) is 5.19. The lowest BCUT2D eigenvalue weighted by Crippen LogP contribution is -2.36. The van der Waals surface area contributed by atoms with Gasteiger partial charge in [-0.1, -0.05) is 6.92 Å². The number of methoxy groups -OCH3 is 1. The van der Waals surface area contributed by atoms with E-state index in [1.807, 2.05) is 36.6 Å². The molecule has 1 aliphatic rings. The molecule has 3 rings (SSSR count). The zero-order chi connectivity index (χ0) is 19.1. The number of nitrogens with one attached hydrogen (secondary N) is 1. The molecule has 1 aliphatic heterocycles. The van der Waals surface area contributed by atoms with Crippen LogP contribution in [0.1, 0.15) is 24.6 Å². The van der Waals surface area contributed by atoms with Crippen molar-refractivity contribution in [3.05, 3.63) is 40.9 Å². The first-order valence-electron chi connectivity index (χ1n) is 8.96. The maximum atomic E-state index is 12.2. The first-order valence-corrected chi connectivity index (χ1v) is 9.84. The van der Waals surface area contributed by atoms with Crippen molar-refractivity contribution in [1.29, 1.82) is 0 Å². The number of hydrogen-bond donors (Lipinski definition) is 1. The van der Waals surface area contributed by atoms with E-state index in [0.717, 1.165) is 54.2 Å². The van der Waals surface area contributed by atoms with Crippen molar-refractivity contribution in [2.75, 3.05) is 38.3 Å². The van der Waals surface area contributed by atoms with Crippen molar-refractivity contribution < 1.29 is 14.3 Å². The second kappa shape index (κ2) is 9.48. The van der Waals surface area contributed by atoms with E-state index in [1.165, 1.54) is 0 Å². The van der Waals surface area contributed by atoms with E-state index in [2.05, 4.69) is 20.4 Å². The summed E-state index contributed by atoms with van der Waals surface area (Å²) in [6, 6.07) is 7.63. The van der Waals surface area contributed by atoms with Crippen molar-refractivity contribution in [3.63, 3.8) is 0 Å². The number of morpholine rings is 1. The van der Waals surface area contributed by atoms with E-state index >= 15 is 0 Å². The lowest BCUT2D eigenvalue weighted by Gasteiger charge is -2.26. The van der Waals surface area contributed by atoms with Gasteiger partial charge in [-0.3, -0.25) is 4.79 Å². The van der Waals surface area contributed by atoms with E-state index in [4.69, 9.17) is 9.47 Å². The number of thiazole rings is 1. The molecule has 0 aliphatic carbocycles. The maximum absolute atomic E-state index is 12.2. The number of carbonyl (C=O) groups is 1. The Kier molecular flexibility index (Phi) is 6.78. The van der Waals surface area contributed by atoms with Gasteiger partial charge < -0.3 is 14.4 Å². The van der Waals surface area contributed by atoms with Crippen molar-refractivity contribution in [3.8, 4) is 5.75 Å². The molecule has 0 bridgehead atoms. The van der Waals surface area contributed by atoms with Crippen LogP contribution in [0.2, 0.25) is 0 Å². The number of anilines is 1. The molecule has 0 atom stereocenters. The fourth-order valence-corrected chi connectivity index (χ4v) is 3.62. The molecule has 1 fully saturated rings. The number of nitrogens with zero attached hydrogens (tertiary/aromatic N) is 3. The van der Waals surface area contributed by atoms with Crippen LogP contribution in [0.5, 0.6) is 5.75 Å². The fourth-order valence-electron chi connectivity index (χ4n) is 2.74. The van der Waals surface area contributed by atoms with Crippen LogP contribution in [0.4, 0.5) is 5.13 Å². The average molecular weight is 388 g/mol. The molecule has 8 heteroatoms. The number of hydrazone groups is 1. The molecule has 27 heavy (non-hydrogen) atoms. The van der Waals surface area contributed by atoms with E-state index in [9.17, 15) is 4.79 Å². The molecule has 1 saturated heterocycles. The molecule has 7 nitrogen and oxygen atoms in total. The maximum Gasteiger partial charge on any atom is 0.246 e. The standard InChI is InChI=1S/C19H24N4O3S/c1-3-17(14-4-6-16(25-2)7-5-14)21-22-18(24)12-15-13-27-19(20-15)23-8-10-26-11-9-23/h4-7,13H,3,8-12H2,1-2H3,(H,22,24)/b21-17-. The highest BCUT2D eigenvalue weighted by Crippen LogP contribution is 2.21. The van der Waals surface area contributed by atoms with Crippen LogP contribution in [0, 0.1) is 0 Å². The van der Waals surface area contributed by atoms with Crippen LogP contribution in [0.25, 0.3) is 0 Å². The van der Waals surface area contributed by atoms with E-state index in [-0.39, 0.29) is 12.3 Å². The number of hydrogen-bond acceptors (Lipinski definition) is 7. The zero-order valence-corrected chi connectivity index (χ0v) is 16.4. The number of benzene rings is 1. The number of rotatable bonds is 7. The highest BCUT2D eigenvalue weighted by molar-refractivity contribution is 7.13. The van der Waals surface area contributed by atoms with Gasteiger partial charge >= 0.3 is 0 Å². The highest BCUT2D eigenvalue weighted by atomic mass is 32.1. The van der Waals surface area contributed by atoms with Gasteiger partial charge in [-0.25, -0.2) is 10.4 Å². The average Bonchev–Trinajstić information content (AvgIpc) is 3.18. The third kappa shape index (κ3) is 5.27. The summed E-state index contributed by atoms with van der Waals surface area (Å²) >= 11 is 1.56. The fraction of sp³-hybridized carbons (Fsp3) is 0.421. The second-order valence-electron chi connectivity index (χ2n) is 6.07. The summed E-state index contributed by atoms with van der Waals surface area (Å²) < 4.78 is 10.5. The highest BCUT2D eigenvalue weighted by Gasteiger charge is 2.15. The summed E-state index contributed by atoms with van der Waals surface area (Å²) in [6.07, 6.45) is 0.925. The van der Waals surface area contributed by atoms with E-state index < -0.39 is 0 Å². The molecule has 2 heterocycles. The summed E-state index contributed by atoms with van der Waals surface area (Å²) in [7, 11) is 1.63. The van der Waals surface area contributed by atoms with Crippen LogP contribution in [0.3, 0.4) is 0 Å². The van der Waals surface area contributed by atoms with Gasteiger partial charge in [0.2, 0.25) is 5.91 Å². The molecular weight excluding hydrogens is 364 g/mol. The van der Waals surface area contributed by atoms with E-state index in [1.54, 1.807) is 18.4 Å². The van der Waals surface area contributed by atoms with Crippen LogP contribution in [-0.4, -0.2) is 50.0 Å². The topological polar surface area (TPSA) is 76.1 Å². The van der Waals surface area contributed by atoms with Gasteiger partial charge in [0.25, 0.3) is 0 Å². The molecule has 2 aromatic rings. The summed E-state index contributed by atoms with van der Waals surface area (Å²) in [5.41, 5.74) is 5.19. The summed E-state index contributed by atoms with van der Waals surface area (Å²) in [5.74, 6) is 0.617. The van der Waals surface area contributed by atoms with Crippen molar-refractivity contribution in [2.24, 2.45) is 5.10 Å². The van der Waals surface area contributed by atoms with Gasteiger partial charge in [0, 0.05) is 18.5 Å². The zero-order valence-electron chi connectivity index (χ0n) is 15.6. The number of amides is 1. The van der Waals surface area contributed by atoms with Crippen LogP contribution in [-0.2, 0) is 16.0 Å². The van der Waals surface area contributed by atoms with Gasteiger partial charge in [0.15, 0.2) is 5.13 Å². The van der Waals surface area contributed by atoms with Gasteiger partial charge in [0.1, 0.15) is 5.75 Å². The minimum Gasteiger partial charge on any atom is -0.497 e. The Hall–Kier alpha value is -2.45. The molecule has 144 valence electrons. The SMILES string of the molecule is CC/C(=N/NC(=O)Cc1csc(N2CCOCC2)n1)c1ccc(OC)cc1. The first-order chi connectivity index (χ1) is 13.2. The third-order valence-electron chi connectivity index (χ3n) is 4.24. The first kappa shape index (κ1) is 19.3. The van der Waals surface area contributed by atoms with Crippen molar-refractivity contribution >= 4 is 28.1 Å². The van der Waals surface area contributed by atoms with E-state index in [0.29, 0.717) is 6.42 Å². The van der Waals surface area contributed by atoms with Crippen molar-refractivity contribution in [1.82, 2.24) is 10.4 Å². The molecule has 0 saturated carbocycles. The van der Waals surface area contributed by atoms with Gasteiger partial charge in [-0.15, -0.1) is 11.3 Å². The van der Waals surface area contributed by atoms with Crippen molar-refractivity contribution in [2.45, 2.75) is 19.8 Å². The predicted octanol–water partition coefficient (Wildman–Crippen LogP) is 2.46. The molecule has 1 N–H and O–H groups in total. The Morgan fingerprint density at radius 3 is 2.74 bits per heavy atom. The molecule has 1 aromatic carbocycles. The monoisotopic (exact) mass is 388 g/mol. The van der Waals surface area contributed by atoms with Gasteiger partial charge in [-0.2, -0.15) is 5.10 Å². The summed E-state index contributed by atoms with van der Waals surface area (Å²) in [5, 5.41) is 7.16. The normalized spacial score (nSPS) is 14.9. The van der Waals surface area contributed by atoms with Crippen LogP contribution in [0.15, 0.2) is 34.7 Å². The minimum absolute atomic E-state index is 0.173. The molecule has 0 unspecified atom stereocenters. The quantitative estimate of drug-likeness (QED) is 0.582.